The van der Waals surface area contributed by atoms with Gasteiger partial charge in [-0.3, -0.25) is 4.18 Å². The number of piperidine rings is 1. The monoisotopic (exact) mass is 297 g/mol. The van der Waals surface area contributed by atoms with Gasteiger partial charge in [0, 0.05) is 12.6 Å². The Kier molecular flexibility index (Phi) is 4.83. The zero-order chi connectivity index (χ0) is 14.8. The summed E-state index contributed by atoms with van der Waals surface area (Å²) in [5.74, 6) is 0.288. The molecular formula is C15H23NO3S. The van der Waals surface area contributed by atoms with Crippen LogP contribution in [0.3, 0.4) is 0 Å². The molecule has 2 unspecified atom stereocenters. The zero-order valence-electron chi connectivity index (χ0n) is 12.4. The minimum absolute atomic E-state index is 0.237. The fourth-order valence-corrected chi connectivity index (χ4v) is 3.45. The molecule has 4 nitrogen and oxygen atoms in total. The van der Waals surface area contributed by atoms with E-state index >= 15 is 0 Å². The fourth-order valence-electron chi connectivity index (χ4n) is 2.47. The fraction of sp³-hybridized carbons (Fsp3) is 0.600. The van der Waals surface area contributed by atoms with Crippen LogP contribution in [0.4, 0.5) is 0 Å². The maximum absolute atomic E-state index is 12.1. The lowest BCUT2D eigenvalue weighted by Gasteiger charge is -2.34. The molecule has 1 aromatic rings. The minimum atomic E-state index is -3.63. The molecule has 112 valence electrons. The summed E-state index contributed by atoms with van der Waals surface area (Å²) < 4.78 is 29.4. The summed E-state index contributed by atoms with van der Waals surface area (Å²) in [6, 6.07) is 7.33. The highest BCUT2D eigenvalue weighted by Crippen LogP contribution is 2.22. The van der Waals surface area contributed by atoms with Crippen LogP contribution in [0.5, 0.6) is 0 Å². The van der Waals surface area contributed by atoms with Crippen molar-refractivity contribution in [1.82, 2.24) is 4.90 Å². The van der Waals surface area contributed by atoms with Crippen molar-refractivity contribution in [3.63, 3.8) is 0 Å². The lowest BCUT2D eigenvalue weighted by molar-refractivity contribution is 0.114. The van der Waals surface area contributed by atoms with Crippen molar-refractivity contribution in [2.45, 2.75) is 37.6 Å². The number of benzene rings is 1. The van der Waals surface area contributed by atoms with Crippen molar-refractivity contribution in [2.24, 2.45) is 5.92 Å². The number of hydrogen-bond donors (Lipinski definition) is 0. The van der Waals surface area contributed by atoms with E-state index in [0.29, 0.717) is 6.04 Å². The second-order valence-corrected chi connectivity index (χ2v) is 7.40. The number of hydrogen-bond acceptors (Lipinski definition) is 4. The molecule has 1 heterocycles. The van der Waals surface area contributed by atoms with Crippen LogP contribution in [-0.4, -0.2) is 39.6 Å². The normalized spacial score (nSPS) is 24.8. The summed E-state index contributed by atoms with van der Waals surface area (Å²) in [6.07, 6.45) is 2.12. The topological polar surface area (TPSA) is 46.6 Å². The molecule has 0 aliphatic carbocycles. The van der Waals surface area contributed by atoms with Crippen LogP contribution in [0.1, 0.15) is 25.3 Å². The third kappa shape index (κ3) is 3.81. The molecule has 1 saturated heterocycles. The van der Waals surface area contributed by atoms with Crippen LogP contribution in [0.25, 0.3) is 0 Å². The van der Waals surface area contributed by atoms with Gasteiger partial charge in [0.1, 0.15) is 0 Å². The molecule has 0 amide bonds. The Hall–Kier alpha value is -0.910. The van der Waals surface area contributed by atoms with Gasteiger partial charge >= 0.3 is 0 Å². The molecule has 1 fully saturated rings. The van der Waals surface area contributed by atoms with E-state index in [1.165, 1.54) is 0 Å². The van der Waals surface area contributed by atoms with Crippen LogP contribution in [0.2, 0.25) is 0 Å². The zero-order valence-corrected chi connectivity index (χ0v) is 13.2. The maximum Gasteiger partial charge on any atom is 0.296 e. The van der Waals surface area contributed by atoms with Gasteiger partial charge in [0.2, 0.25) is 0 Å². The lowest BCUT2D eigenvalue weighted by atomic mass is 9.95. The Morgan fingerprint density at radius 2 is 1.90 bits per heavy atom. The van der Waals surface area contributed by atoms with Crippen molar-refractivity contribution in [3.05, 3.63) is 29.8 Å². The van der Waals surface area contributed by atoms with Crippen LogP contribution in [-0.2, 0) is 14.3 Å². The van der Waals surface area contributed by atoms with Crippen LogP contribution in [0, 0.1) is 12.8 Å². The van der Waals surface area contributed by atoms with E-state index in [-0.39, 0.29) is 17.4 Å². The average Bonchev–Trinajstić information content (AvgIpc) is 2.41. The second kappa shape index (κ2) is 6.24. The van der Waals surface area contributed by atoms with Crippen molar-refractivity contribution in [2.75, 3.05) is 20.2 Å². The summed E-state index contributed by atoms with van der Waals surface area (Å²) in [5.41, 5.74) is 1.03. The Morgan fingerprint density at radius 3 is 2.50 bits per heavy atom. The highest BCUT2D eigenvalue weighted by Gasteiger charge is 2.25. The predicted octanol–water partition coefficient (Wildman–Crippen LogP) is 2.43. The average molecular weight is 297 g/mol. The van der Waals surface area contributed by atoms with Gasteiger partial charge in [0.25, 0.3) is 10.1 Å². The molecule has 1 aliphatic rings. The van der Waals surface area contributed by atoms with E-state index in [0.717, 1.165) is 24.9 Å². The first-order valence-electron chi connectivity index (χ1n) is 7.05. The Labute approximate surface area is 121 Å². The van der Waals surface area contributed by atoms with E-state index in [9.17, 15) is 8.42 Å². The molecule has 2 atom stereocenters. The van der Waals surface area contributed by atoms with E-state index < -0.39 is 10.1 Å². The molecular weight excluding hydrogens is 274 g/mol. The van der Waals surface area contributed by atoms with Crippen molar-refractivity contribution >= 4 is 10.1 Å². The molecule has 20 heavy (non-hydrogen) atoms. The minimum Gasteiger partial charge on any atom is -0.303 e. The maximum atomic E-state index is 12.1. The van der Waals surface area contributed by atoms with Crippen LogP contribution in [0.15, 0.2) is 29.2 Å². The van der Waals surface area contributed by atoms with Crippen LogP contribution >= 0.6 is 0 Å². The quantitative estimate of drug-likeness (QED) is 0.801. The van der Waals surface area contributed by atoms with Gasteiger partial charge in [-0.1, -0.05) is 17.7 Å². The molecule has 0 radical (unpaired) electrons. The summed E-state index contributed by atoms with van der Waals surface area (Å²) in [5, 5.41) is 0. The molecule has 0 N–H and O–H groups in total. The first-order chi connectivity index (χ1) is 9.38. The van der Waals surface area contributed by atoms with E-state index in [1.54, 1.807) is 24.3 Å². The Morgan fingerprint density at radius 1 is 1.25 bits per heavy atom. The smallest absolute Gasteiger partial charge is 0.296 e. The Bertz CT molecular complexity index is 539. The molecule has 2 rings (SSSR count). The predicted molar refractivity (Wildman–Crippen MR) is 79.1 cm³/mol. The molecule has 0 saturated carbocycles. The molecule has 1 aromatic carbocycles. The molecule has 1 aliphatic heterocycles. The van der Waals surface area contributed by atoms with Crippen molar-refractivity contribution in [3.8, 4) is 0 Å². The first-order valence-corrected chi connectivity index (χ1v) is 8.45. The number of likely N-dealkylation sites (tertiary alicyclic amines) is 1. The van der Waals surface area contributed by atoms with Gasteiger partial charge < -0.3 is 4.90 Å². The van der Waals surface area contributed by atoms with Gasteiger partial charge in [-0.15, -0.1) is 0 Å². The molecule has 0 bridgehead atoms. The Balaban J connectivity index is 1.94. The van der Waals surface area contributed by atoms with E-state index in [4.69, 9.17) is 4.18 Å². The van der Waals surface area contributed by atoms with Gasteiger partial charge in [-0.05, 0) is 51.8 Å². The van der Waals surface area contributed by atoms with Gasteiger partial charge in [-0.2, -0.15) is 8.42 Å². The van der Waals surface area contributed by atoms with E-state index in [2.05, 4.69) is 18.9 Å². The van der Waals surface area contributed by atoms with Crippen LogP contribution < -0.4 is 0 Å². The van der Waals surface area contributed by atoms with Crippen molar-refractivity contribution in [1.29, 1.82) is 0 Å². The standard InChI is InChI=1S/C15H23NO3S/c1-12-4-8-15(9-5-12)20(17,18)19-11-14-7-6-13(2)16(3)10-14/h4-5,8-9,13-14H,6-7,10-11H2,1-3H3. The van der Waals surface area contributed by atoms with Crippen molar-refractivity contribution < 1.29 is 12.6 Å². The highest BCUT2D eigenvalue weighted by atomic mass is 32.2. The molecule has 5 heteroatoms. The van der Waals surface area contributed by atoms with Gasteiger partial charge in [0.15, 0.2) is 0 Å². The lowest BCUT2D eigenvalue weighted by Crippen LogP contribution is -2.40. The third-order valence-corrected chi connectivity index (χ3v) is 5.36. The third-order valence-electron chi connectivity index (χ3n) is 4.06. The van der Waals surface area contributed by atoms with Gasteiger partial charge in [0.05, 0.1) is 11.5 Å². The SMILES string of the molecule is Cc1ccc(S(=O)(=O)OCC2CCC(C)N(C)C2)cc1. The number of nitrogens with zero attached hydrogens (tertiary/aromatic N) is 1. The summed E-state index contributed by atoms with van der Waals surface area (Å²) >= 11 is 0. The number of aryl methyl sites for hydroxylation is 1. The number of rotatable bonds is 4. The first kappa shape index (κ1) is 15.5. The molecule has 0 spiro atoms. The summed E-state index contributed by atoms with van der Waals surface area (Å²) in [7, 11) is -1.55. The molecule has 0 aromatic heterocycles. The highest BCUT2D eigenvalue weighted by molar-refractivity contribution is 7.86. The van der Waals surface area contributed by atoms with E-state index in [1.807, 2.05) is 6.92 Å². The largest absolute Gasteiger partial charge is 0.303 e. The summed E-state index contributed by atoms with van der Waals surface area (Å²) in [6.45, 7) is 5.29. The second-order valence-electron chi connectivity index (χ2n) is 5.78. The summed E-state index contributed by atoms with van der Waals surface area (Å²) in [4.78, 5) is 2.50. The van der Waals surface area contributed by atoms with Gasteiger partial charge in [-0.25, -0.2) is 0 Å².